The summed E-state index contributed by atoms with van der Waals surface area (Å²) >= 11 is 0. The van der Waals surface area contributed by atoms with E-state index in [0.29, 0.717) is 0 Å². The predicted octanol–water partition coefficient (Wildman–Crippen LogP) is 2.02. The Kier molecular flexibility index (Phi) is 11.5. The summed E-state index contributed by atoms with van der Waals surface area (Å²) in [5.74, 6) is -34.0. The molecule has 0 aromatic carbocycles. The van der Waals surface area contributed by atoms with Gasteiger partial charge in [0.05, 0.1) is 27.2 Å². The summed E-state index contributed by atoms with van der Waals surface area (Å²) in [5, 5.41) is 11.1. The molecule has 0 spiro atoms. The van der Waals surface area contributed by atoms with Gasteiger partial charge in [0.25, 0.3) is 20.1 Å². The van der Waals surface area contributed by atoms with Crippen LogP contribution in [0.2, 0.25) is 0 Å². The van der Waals surface area contributed by atoms with E-state index < -0.39 is 115 Å². The van der Waals surface area contributed by atoms with Crippen LogP contribution in [0.15, 0.2) is 0 Å². The number of hydrogen-bond acceptors (Lipinski definition) is 6. The van der Waals surface area contributed by atoms with Crippen molar-refractivity contribution in [3.8, 4) is 0 Å². The maximum Gasteiger partial charge on any atom is 0.460 e. The van der Waals surface area contributed by atoms with Crippen molar-refractivity contribution in [1.82, 2.24) is 4.31 Å². The fraction of sp³-hybridized carbons (Fsp3) is 1.00. The van der Waals surface area contributed by atoms with Gasteiger partial charge in [0.1, 0.15) is 18.4 Å². The summed E-state index contributed by atoms with van der Waals surface area (Å²) in [5.41, 5.74) is 0. The second-order valence-corrected chi connectivity index (χ2v) is 12.5. The molecule has 0 saturated heterocycles. The van der Waals surface area contributed by atoms with Crippen molar-refractivity contribution in [2.75, 3.05) is 52.6 Å². The van der Waals surface area contributed by atoms with Crippen LogP contribution in [0.4, 0.5) is 57.1 Å². The van der Waals surface area contributed by atoms with E-state index in [1.54, 1.807) is 0 Å². The Bertz CT molecular complexity index is 1080. The zero-order valence-electron chi connectivity index (χ0n) is 20.1. The van der Waals surface area contributed by atoms with Gasteiger partial charge in [0.2, 0.25) is 0 Å². The molecule has 0 heterocycles. The molecular weight excluding hydrogens is 643 g/mol. The highest BCUT2D eigenvalue weighted by Crippen LogP contribution is 2.61. The summed E-state index contributed by atoms with van der Waals surface area (Å²) < 4.78 is 227. The van der Waals surface area contributed by atoms with Crippen molar-refractivity contribution in [3.05, 3.63) is 0 Å². The monoisotopic (exact) mass is 667 g/mol. The number of alkyl halides is 13. The largest absolute Gasteiger partial charge is 0.460 e. The molecule has 1 atom stereocenters. The van der Waals surface area contributed by atoms with Gasteiger partial charge in [-0.1, -0.05) is 0 Å². The summed E-state index contributed by atoms with van der Waals surface area (Å²) in [6.07, 6.45) is -10.2. The Morgan fingerprint density at radius 1 is 0.750 bits per heavy atom. The van der Waals surface area contributed by atoms with E-state index in [1.165, 1.54) is 14.1 Å². The van der Waals surface area contributed by atoms with Crippen LogP contribution in [-0.4, -0.2) is 134 Å². The number of likely N-dealkylation sites (N-methyl/N-ethyl adjacent to an activating group) is 1. The molecule has 0 saturated carbocycles. The lowest BCUT2D eigenvalue weighted by Crippen LogP contribution is -2.72. The minimum absolute atomic E-state index is 0.464. The van der Waals surface area contributed by atoms with E-state index in [-0.39, 0.29) is 0 Å². The van der Waals surface area contributed by atoms with Crippen molar-refractivity contribution < 1.29 is 93.2 Å². The zero-order valence-corrected chi connectivity index (χ0v) is 21.8. The highest BCUT2D eigenvalue weighted by atomic mass is 32.2. The third-order valence-electron chi connectivity index (χ3n) is 5.20. The third-order valence-corrected chi connectivity index (χ3v) is 7.95. The molecule has 40 heavy (non-hydrogen) atoms. The van der Waals surface area contributed by atoms with E-state index in [0.717, 1.165) is 0 Å². The smallest absolute Gasteiger partial charge is 0.395 e. The van der Waals surface area contributed by atoms with Crippen LogP contribution < -0.4 is 0 Å². The van der Waals surface area contributed by atoms with E-state index >= 15 is 0 Å². The molecule has 0 aliphatic rings. The van der Waals surface area contributed by atoms with Gasteiger partial charge in [-0.25, -0.2) is 8.42 Å². The SMILES string of the molecule is C[N+](C)(CCCN(CCO)S(=O)(=O)C(F)(F)C(F)(F)C(F)(F)C(F)(F)C(F)(F)C(F)(F)F)CC(O)CS(=O)(=O)O. The summed E-state index contributed by atoms with van der Waals surface area (Å²) in [6, 6.07) is 0. The fourth-order valence-corrected chi connectivity index (χ4v) is 5.24. The third kappa shape index (κ3) is 7.59. The molecular formula is C16H24F13N2O7S2+. The fourth-order valence-electron chi connectivity index (χ4n) is 3.18. The number of nitrogens with zero attached hydrogens (tertiary/aromatic N) is 2. The maximum absolute atomic E-state index is 14.3. The lowest BCUT2D eigenvalue weighted by atomic mass is 9.98. The van der Waals surface area contributed by atoms with Crippen molar-refractivity contribution in [2.45, 2.75) is 47.6 Å². The van der Waals surface area contributed by atoms with Gasteiger partial charge in [-0.3, -0.25) is 4.55 Å². The summed E-state index contributed by atoms with van der Waals surface area (Å²) in [7, 11) is -9.61. The molecule has 0 rings (SSSR count). The van der Waals surface area contributed by atoms with Crippen molar-refractivity contribution >= 4 is 20.1 Å². The Hall–Kier alpha value is -1.21. The maximum atomic E-state index is 14.3. The number of aliphatic hydroxyl groups excluding tert-OH is 2. The molecule has 0 fully saturated rings. The quantitative estimate of drug-likeness (QED) is 0.131. The highest BCUT2D eigenvalue weighted by molar-refractivity contribution is 7.90. The van der Waals surface area contributed by atoms with Gasteiger partial charge in [-0.15, -0.1) is 0 Å². The van der Waals surface area contributed by atoms with Crippen LogP contribution in [0.1, 0.15) is 6.42 Å². The number of quaternary nitrogens is 1. The first-order valence-corrected chi connectivity index (χ1v) is 13.3. The average Bonchev–Trinajstić information content (AvgIpc) is 2.69. The molecule has 9 nitrogen and oxygen atoms in total. The Morgan fingerprint density at radius 2 is 1.18 bits per heavy atom. The van der Waals surface area contributed by atoms with E-state index in [2.05, 4.69) is 0 Å². The molecule has 0 amide bonds. The number of rotatable bonds is 16. The molecule has 242 valence electrons. The van der Waals surface area contributed by atoms with Gasteiger partial charge in [0, 0.05) is 19.5 Å². The standard InChI is InChI=1S/C16H23F13N2O7S2/c1-31(2,8-10(33)9-39(34,35)36)6-3-4-30(5-7-32)40(37,38)16(28,29)14(23,24)12(19,20)11(17,18)13(21,22)15(25,26)27/h10,32-33H,3-9H2,1-2H3/p+1. The van der Waals surface area contributed by atoms with Gasteiger partial charge in [0.15, 0.2) is 0 Å². The molecule has 3 N–H and O–H groups in total. The number of hydrogen-bond donors (Lipinski definition) is 3. The molecule has 0 radical (unpaired) electrons. The molecule has 0 aromatic rings. The minimum Gasteiger partial charge on any atom is -0.395 e. The van der Waals surface area contributed by atoms with Crippen molar-refractivity contribution in [3.63, 3.8) is 0 Å². The first kappa shape index (κ1) is 38.8. The minimum atomic E-state index is -8.33. The van der Waals surface area contributed by atoms with Gasteiger partial charge >= 0.3 is 35.1 Å². The first-order chi connectivity index (χ1) is 17.3. The molecule has 0 bridgehead atoms. The number of sulfonamides is 1. The predicted molar refractivity (Wildman–Crippen MR) is 107 cm³/mol. The first-order valence-electron chi connectivity index (χ1n) is 10.3. The molecule has 0 aromatic heterocycles. The van der Waals surface area contributed by atoms with E-state index in [9.17, 15) is 79.0 Å². The van der Waals surface area contributed by atoms with E-state index in [1.807, 2.05) is 0 Å². The molecule has 0 aliphatic heterocycles. The summed E-state index contributed by atoms with van der Waals surface area (Å²) in [4.78, 5) is 0. The van der Waals surface area contributed by atoms with Crippen molar-refractivity contribution in [2.24, 2.45) is 0 Å². The highest BCUT2D eigenvalue weighted by Gasteiger charge is 2.92. The van der Waals surface area contributed by atoms with Gasteiger partial charge in [-0.05, 0) is 0 Å². The normalized spacial score (nSPS) is 16.5. The lowest BCUT2D eigenvalue weighted by Gasteiger charge is -2.40. The van der Waals surface area contributed by atoms with E-state index in [4.69, 9.17) is 9.66 Å². The van der Waals surface area contributed by atoms with Crippen LogP contribution in [0.3, 0.4) is 0 Å². The average molecular weight is 667 g/mol. The Morgan fingerprint density at radius 3 is 1.55 bits per heavy atom. The van der Waals surface area contributed by atoms with Crippen LogP contribution in [0.25, 0.3) is 0 Å². The Labute approximate surface area is 218 Å². The van der Waals surface area contributed by atoms with Gasteiger partial charge < -0.3 is 14.7 Å². The molecule has 1 unspecified atom stereocenters. The second kappa shape index (κ2) is 11.8. The Balaban J connectivity index is 6.22. The van der Waals surface area contributed by atoms with Crippen molar-refractivity contribution in [1.29, 1.82) is 0 Å². The van der Waals surface area contributed by atoms with Crippen LogP contribution in [0, 0.1) is 0 Å². The van der Waals surface area contributed by atoms with Crippen LogP contribution >= 0.6 is 0 Å². The van der Waals surface area contributed by atoms with Crippen LogP contribution in [-0.2, 0) is 20.1 Å². The topological polar surface area (TPSA) is 132 Å². The second-order valence-electron chi connectivity index (χ2n) is 9.04. The molecule has 24 heteroatoms. The zero-order chi connectivity index (χ0) is 32.6. The molecule has 0 aliphatic carbocycles. The summed E-state index contributed by atoms with van der Waals surface area (Å²) in [6.45, 7) is -5.49. The number of aliphatic hydroxyl groups is 2. The van der Waals surface area contributed by atoms with Crippen LogP contribution in [0.5, 0.6) is 0 Å². The van der Waals surface area contributed by atoms with Gasteiger partial charge in [-0.2, -0.15) is 69.8 Å². The number of halogens is 13. The lowest BCUT2D eigenvalue weighted by molar-refractivity contribution is -0.893.